The van der Waals surface area contributed by atoms with Gasteiger partial charge >= 0.3 is 0 Å². The van der Waals surface area contributed by atoms with Crippen molar-refractivity contribution in [3.63, 3.8) is 0 Å². The summed E-state index contributed by atoms with van der Waals surface area (Å²) < 4.78 is 2.11. The number of benzene rings is 2. The minimum absolute atomic E-state index is 0.249. The Bertz CT molecular complexity index is 1250. The Morgan fingerprint density at radius 2 is 1.71 bits per heavy atom. The maximum Gasteiger partial charge on any atom is 0.222 e. The standard InChI is InChI=1S/C27H29N5OS2/c1-21-9-5-6-12-23(21)30-15-17-31(18-16-30)25(33)14-8-20-35-27-29-28-26(24-13-7-19-34-24)32(27)22-10-3-2-4-11-22/h2-7,9-13,19H,8,14-18,20H2,1H3. The first kappa shape index (κ1) is 23.6. The van der Waals surface area contributed by atoms with Crippen LogP contribution in [0.25, 0.3) is 16.4 Å². The first-order chi connectivity index (χ1) is 17.2. The molecule has 6 nitrogen and oxygen atoms in total. The summed E-state index contributed by atoms with van der Waals surface area (Å²) in [5.41, 5.74) is 3.61. The summed E-state index contributed by atoms with van der Waals surface area (Å²) in [4.78, 5) is 18.3. The number of nitrogens with zero attached hydrogens (tertiary/aromatic N) is 5. The Labute approximate surface area is 214 Å². The summed E-state index contributed by atoms with van der Waals surface area (Å²) in [5.74, 6) is 1.93. The number of hydrogen-bond donors (Lipinski definition) is 0. The molecule has 1 aliphatic heterocycles. The molecule has 1 fully saturated rings. The van der Waals surface area contributed by atoms with E-state index >= 15 is 0 Å². The lowest BCUT2D eigenvalue weighted by Gasteiger charge is -2.36. The van der Waals surface area contributed by atoms with Crippen molar-refractivity contribution in [3.05, 3.63) is 77.7 Å². The molecule has 5 rings (SSSR count). The number of carbonyl (C=O) groups excluding carboxylic acids is 1. The molecule has 3 heterocycles. The number of aryl methyl sites for hydroxylation is 1. The van der Waals surface area contributed by atoms with E-state index in [0.717, 1.165) is 59.9 Å². The number of piperazine rings is 1. The number of para-hydroxylation sites is 2. The van der Waals surface area contributed by atoms with Gasteiger partial charge in [-0.2, -0.15) is 0 Å². The van der Waals surface area contributed by atoms with Crippen LogP contribution in [0.5, 0.6) is 0 Å². The van der Waals surface area contributed by atoms with Gasteiger partial charge in [0, 0.05) is 49.7 Å². The number of carbonyl (C=O) groups is 1. The Morgan fingerprint density at radius 1 is 0.943 bits per heavy atom. The fourth-order valence-electron chi connectivity index (χ4n) is 4.40. The number of hydrogen-bond acceptors (Lipinski definition) is 6. The quantitative estimate of drug-likeness (QED) is 0.234. The molecule has 0 N–H and O–H groups in total. The average molecular weight is 504 g/mol. The van der Waals surface area contributed by atoms with Crippen LogP contribution in [0, 0.1) is 6.92 Å². The molecule has 180 valence electrons. The second-order valence-electron chi connectivity index (χ2n) is 8.56. The first-order valence-electron chi connectivity index (χ1n) is 12.0. The van der Waals surface area contributed by atoms with Crippen molar-refractivity contribution in [2.45, 2.75) is 24.9 Å². The lowest BCUT2D eigenvalue weighted by atomic mass is 10.1. The van der Waals surface area contributed by atoms with Crippen molar-refractivity contribution in [1.29, 1.82) is 0 Å². The molecule has 0 aliphatic carbocycles. The van der Waals surface area contributed by atoms with Crippen molar-refractivity contribution < 1.29 is 4.79 Å². The number of thioether (sulfide) groups is 1. The largest absolute Gasteiger partial charge is 0.368 e. The smallest absolute Gasteiger partial charge is 0.222 e. The van der Waals surface area contributed by atoms with Gasteiger partial charge in [0.15, 0.2) is 11.0 Å². The lowest BCUT2D eigenvalue weighted by Crippen LogP contribution is -2.49. The highest BCUT2D eigenvalue weighted by atomic mass is 32.2. The molecule has 1 amide bonds. The monoisotopic (exact) mass is 503 g/mol. The molecule has 2 aromatic carbocycles. The van der Waals surface area contributed by atoms with Crippen LogP contribution in [0.2, 0.25) is 0 Å². The van der Waals surface area contributed by atoms with E-state index in [2.05, 4.69) is 74.4 Å². The van der Waals surface area contributed by atoms with Crippen molar-refractivity contribution in [2.75, 3.05) is 36.8 Å². The molecule has 0 unspecified atom stereocenters. The predicted octanol–water partition coefficient (Wildman–Crippen LogP) is 5.53. The predicted molar refractivity (Wildman–Crippen MR) is 145 cm³/mol. The summed E-state index contributed by atoms with van der Waals surface area (Å²) >= 11 is 3.32. The Hall–Kier alpha value is -3.10. The van der Waals surface area contributed by atoms with Gasteiger partial charge in [-0.25, -0.2) is 0 Å². The molecule has 0 bridgehead atoms. The van der Waals surface area contributed by atoms with E-state index in [9.17, 15) is 4.79 Å². The van der Waals surface area contributed by atoms with Gasteiger partial charge in [0.1, 0.15) is 0 Å². The zero-order chi connectivity index (χ0) is 24.0. The lowest BCUT2D eigenvalue weighted by molar-refractivity contribution is -0.131. The van der Waals surface area contributed by atoms with E-state index in [-0.39, 0.29) is 5.91 Å². The molecule has 0 radical (unpaired) electrons. The van der Waals surface area contributed by atoms with E-state index in [4.69, 9.17) is 0 Å². The van der Waals surface area contributed by atoms with Gasteiger partial charge in [0.2, 0.25) is 5.91 Å². The highest BCUT2D eigenvalue weighted by molar-refractivity contribution is 7.99. The van der Waals surface area contributed by atoms with Crippen LogP contribution < -0.4 is 4.90 Å². The van der Waals surface area contributed by atoms with Crippen LogP contribution in [0.1, 0.15) is 18.4 Å². The molecule has 1 aliphatic rings. The molecular weight excluding hydrogens is 474 g/mol. The maximum atomic E-state index is 12.8. The van der Waals surface area contributed by atoms with Gasteiger partial charge in [-0.1, -0.05) is 54.2 Å². The summed E-state index contributed by atoms with van der Waals surface area (Å²) in [7, 11) is 0. The molecule has 1 saturated heterocycles. The second-order valence-corrected chi connectivity index (χ2v) is 10.6. The fraction of sp³-hybridized carbons (Fsp3) is 0.296. The van der Waals surface area contributed by atoms with Crippen molar-refractivity contribution >= 4 is 34.7 Å². The maximum absolute atomic E-state index is 12.8. The molecule has 8 heteroatoms. The normalized spacial score (nSPS) is 13.9. The highest BCUT2D eigenvalue weighted by Gasteiger charge is 2.22. The molecule has 0 atom stereocenters. The highest BCUT2D eigenvalue weighted by Crippen LogP contribution is 2.30. The SMILES string of the molecule is Cc1ccccc1N1CCN(C(=O)CCCSc2nnc(-c3cccs3)n2-c2ccccc2)CC1. The Kier molecular flexibility index (Phi) is 7.49. The van der Waals surface area contributed by atoms with Gasteiger partial charge in [0.05, 0.1) is 4.88 Å². The van der Waals surface area contributed by atoms with Crippen LogP contribution in [-0.2, 0) is 4.79 Å². The van der Waals surface area contributed by atoms with E-state index in [1.165, 1.54) is 11.3 Å². The minimum Gasteiger partial charge on any atom is -0.368 e. The molecule has 0 saturated carbocycles. The topological polar surface area (TPSA) is 54.3 Å². The first-order valence-corrected chi connectivity index (χ1v) is 13.8. The third kappa shape index (κ3) is 5.44. The number of anilines is 1. The number of amides is 1. The van der Waals surface area contributed by atoms with Gasteiger partial charge < -0.3 is 9.80 Å². The van der Waals surface area contributed by atoms with Crippen molar-refractivity contribution in [3.8, 4) is 16.4 Å². The molecule has 35 heavy (non-hydrogen) atoms. The molecule has 0 spiro atoms. The van der Waals surface area contributed by atoms with Crippen molar-refractivity contribution in [2.24, 2.45) is 0 Å². The summed E-state index contributed by atoms with van der Waals surface area (Å²) in [6.45, 7) is 5.49. The van der Waals surface area contributed by atoms with Crippen molar-refractivity contribution in [1.82, 2.24) is 19.7 Å². The third-order valence-corrected chi connectivity index (χ3v) is 8.13. The number of aromatic nitrogens is 3. The second kappa shape index (κ2) is 11.1. The van der Waals surface area contributed by atoms with Gasteiger partial charge in [-0.05, 0) is 48.6 Å². The average Bonchev–Trinajstić information content (AvgIpc) is 3.58. The minimum atomic E-state index is 0.249. The van der Waals surface area contributed by atoms with Crippen LogP contribution in [0.3, 0.4) is 0 Å². The molecular formula is C27H29N5OS2. The van der Waals surface area contributed by atoms with E-state index in [0.29, 0.717) is 6.42 Å². The van der Waals surface area contributed by atoms with Crippen LogP contribution in [0.15, 0.2) is 77.3 Å². The van der Waals surface area contributed by atoms with Crippen LogP contribution in [-0.4, -0.2) is 57.5 Å². The van der Waals surface area contributed by atoms with E-state index in [1.807, 2.05) is 29.2 Å². The Morgan fingerprint density at radius 3 is 2.46 bits per heavy atom. The number of rotatable bonds is 8. The number of thiophene rings is 1. The summed E-state index contributed by atoms with van der Waals surface area (Å²) in [6.07, 6.45) is 1.38. The van der Waals surface area contributed by atoms with Crippen LogP contribution >= 0.6 is 23.1 Å². The van der Waals surface area contributed by atoms with Gasteiger partial charge in [0.25, 0.3) is 0 Å². The Balaban J connectivity index is 1.15. The zero-order valence-corrected chi connectivity index (χ0v) is 21.5. The van der Waals surface area contributed by atoms with Crippen LogP contribution in [0.4, 0.5) is 5.69 Å². The van der Waals surface area contributed by atoms with Gasteiger partial charge in [-0.15, -0.1) is 21.5 Å². The summed E-state index contributed by atoms with van der Waals surface area (Å²) in [6, 6.07) is 22.8. The summed E-state index contributed by atoms with van der Waals surface area (Å²) in [5, 5.41) is 11.9. The van der Waals surface area contributed by atoms with Gasteiger partial charge in [-0.3, -0.25) is 9.36 Å². The molecule has 2 aromatic heterocycles. The fourth-order valence-corrected chi connectivity index (χ4v) is 5.99. The molecule has 4 aromatic rings. The third-order valence-electron chi connectivity index (χ3n) is 6.24. The zero-order valence-electron chi connectivity index (χ0n) is 19.8. The van der Waals surface area contributed by atoms with E-state index < -0.39 is 0 Å². The van der Waals surface area contributed by atoms with E-state index in [1.54, 1.807) is 23.1 Å².